The summed E-state index contributed by atoms with van der Waals surface area (Å²) in [7, 11) is 2.54. The number of methoxy groups -OCH3 is 3. The monoisotopic (exact) mass is 462 g/mol. The zero-order valence-electron chi connectivity index (χ0n) is 18.9. The number of rotatable bonds is 8. The smallest absolute Gasteiger partial charge is 0.243 e. The van der Waals surface area contributed by atoms with Crippen molar-refractivity contribution >= 4 is 15.9 Å². The maximum Gasteiger partial charge on any atom is 0.243 e. The average Bonchev–Trinajstić information content (AvgIpc) is 2.83. The van der Waals surface area contributed by atoms with Crippen LogP contribution in [-0.2, 0) is 21.4 Å². The Hall–Kier alpha value is -2.78. The molecular weight excluding hydrogens is 432 g/mol. The molecule has 0 saturated carbocycles. The van der Waals surface area contributed by atoms with Gasteiger partial charge in [-0.2, -0.15) is 4.31 Å². The fourth-order valence-corrected chi connectivity index (χ4v) is 5.42. The summed E-state index contributed by atoms with van der Waals surface area (Å²) in [4.78, 5) is 14.8. The second kappa shape index (κ2) is 10.2. The third-order valence-electron chi connectivity index (χ3n) is 5.68. The van der Waals surface area contributed by atoms with Crippen LogP contribution in [0.3, 0.4) is 0 Å². The van der Waals surface area contributed by atoms with Crippen molar-refractivity contribution in [3.63, 3.8) is 0 Å². The maximum absolute atomic E-state index is 13.2. The summed E-state index contributed by atoms with van der Waals surface area (Å²) in [5, 5.41) is 0. The number of sulfonamides is 1. The molecule has 2 aromatic rings. The lowest BCUT2D eigenvalue weighted by Gasteiger charge is -2.33. The zero-order chi connectivity index (χ0) is 23.3. The molecule has 1 fully saturated rings. The maximum atomic E-state index is 13.2. The highest BCUT2D eigenvalue weighted by Gasteiger charge is 2.34. The molecule has 8 nitrogen and oxygen atoms in total. The number of piperidine rings is 1. The van der Waals surface area contributed by atoms with Crippen molar-refractivity contribution in [1.29, 1.82) is 0 Å². The minimum Gasteiger partial charge on any atom is -0.497 e. The van der Waals surface area contributed by atoms with Crippen LogP contribution in [0.5, 0.6) is 17.2 Å². The van der Waals surface area contributed by atoms with Crippen LogP contribution in [0.1, 0.15) is 18.4 Å². The van der Waals surface area contributed by atoms with E-state index < -0.39 is 10.0 Å². The summed E-state index contributed by atoms with van der Waals surface area (Å²) in [6, 6.07) is 12.1. The molecule has 3 rings (SSSR count). The molecule has 0 aromatic heterocycles. The van der Waals surface area contributed by atoms with Crippen LogP contribution in [0.2, 0.25) is 0 Å². The van der Waals surface area contributed by atoms with E-state index in [0.717, 1.165) is 11.3 Å². The molecule has 0 spiro atoms. The highest BCUT2D eigenvalue weighted by molar-refractivity contribution is 7.89. The van der Waals surface area contributed by atoms with E-state index in [1.165, 1.54) is 30.7 Å². The van der Waals surface area contributed by atoms with E-state index >= 15 is 0 Å². The molecule has 32 heavy (non-hydrogen) atoms. The third-order valence-corrected chi connectivity index (χ3v) is 7.54. The first-order valence-corrected chi connectivity index (χ1v) is 11.8. The van der Waals surface area contributed by atoms with Gasteiger partial charge >= 0.3 is 0 Å². The lowest BCUT2D eigenvalue weighted by Crippen LogP contribution is -2.45. The van der Waals surface area contributed by atoms with Crippen molar-refractivity contribution in [2.24, 2.45) is 5.92 Å². The Morgan fingerprint density at radius 2 is 1.72 bits per heavy atom. The largest absolute Gasteiger partial charge is 0.497 e. The average molecular weight is 463 g/mol. The van der Waals surface area contributed by atoms with Gasteiger partial charge in [0.2, 0.25) is 15.9 Å². The molecule has 1 aliphatic heterocycles. The lowest BCUT2D eigenvalue weighted by atomic mass is 9.98. The molecule has 1 amide bonds. The molecule has 0 N–H and O–H groups in total. The fourth-order valence-electron chi connectivity index (χ4n) is 3.88. The summed E-state index contributed by atoms with van der Waals surface area (Å²) in [6.45, 7) is 0.979. The van der Waals surface area contributed by atoms with E-state index in [9.17, 15) is 13.2 Å². The lowest BCUT2D eigenvalue weighted by molar-refractivity contribution is -0.135. The zero-order valence-corrected chi connectivity index (χ0v) is 19.7. The molecule has 0 bridgehead atoms. The summed E-state index contributed by atoms with van der Waals surface area (Å²) < 4.78 is 43.5. The Bertz CT molecular complexity index is 1040. The first kappa shape index (κ1) is 23.9. The van der Waals surface area contributed by atoms with Gasteiger partial charge in [0.05, 0.1) is 32.1 Å². The first-order valence-electron chi connectivity index (χ1n) is 10.4. The summed E-state index contributed by atoms with van der Waals surface area (Å²) >= 11 is 0. The Balaban J connectivity index is 1.71. The van der Waals surface area contributed by atoms with Gasteiger partial charge in [-0.3, -0.25) is 4.79 Å². The molecule has 0 radical (unpaired) electrons. The van der Waals surface area contributed by atoms with Crippen molar-refractivity contribution in [2.45, 2.75) is 24.3 Å². The molecule has 1 heterocycles. The molecule has 1 aliphatic rings. The third kappa shape index (κ3) is 5.16. The summed E-state index contributed by atoms with van der Waals surface area (Å²) in [5.41, 5.74) is 0.979. The van der Waals surface area contributed by atoms with Crippen molar-refractivity contribution in [1.82, 2.24) is 9.21 Å². The molecule has 9 heteroatoms. The van der Waals surface area contributed by atoms with Crippen molar-refractivity contribution in [3.8, 4) is 17.2 Å². The van der Waals surface area contributed by atoms with E-state index in [4.69, 9.17) is 14.2 Å². The van der Waals surface area contributed by atoms with Crippen LogP contribution in [0.4, 0.5) is 0 Å². The molecule has 0 aliphatic carbocycles. The van der Waals surface area contributed by atoms with E-state index in [2.05, 4.69) is 0 Å². The van der Waals surface area contributed by atoms with Crippen molar-refractivity contribution < 1.29 is 27.4 Å². The number of hydrogen-bond donors (Lipinski definition) is 0. The number of benzene rings is 2. The quantitative estimate of drug-likeness (QED) is 0.600. The van der Waals surface area contributed by atoms with Gasteiger partial charge in [-0.05, 0) is 42.7 Å². The van der Waals surface area contributed by atoms with Crippen LogP contribution >= 0.6 is 0 Å². The second-order valence-corrected chi connectivity index (χ2v) is 9.70. The predicted molar refractivity (Wildman–Crippen MR) is 120 cm³/mol. The number of ether oxygens (including phenoxy) is 3. The first-order chi connectivity index (χ1) is 15.3. The van der Waals surface area contributed by atoms with Gasteiger partial charge < -0.3 is 19.1 Å². The van der Waals surface area contributed by atoms with Gasteiger partial charge in [0.15, 0.2) is 11.5 Å². The Morgan fingerprint density at radius 3 is 2.34 bits per heavy atom. The van der Waals surface area contributed by atoms with Gasteiger partial charge in [-0.1, -0.05) is 12.1 Å². The molecule has 1 atom stereocenters. The molecule has 1 saturated heterocycles. The number of amides is 1. The predicted octanol–water partition coefficient (Wildman–Crippen LogP) is 2.77. The van der Waals surface area contributed by atoms with E-state index in [-0.39, 0.29) is 23.3 Å². The topological polar surface area (TPSA) is 85.4 Å². The van der Waals surface area contributed by atoms with Crippen LogP contribution in [0.25, 0.3) is 0 Å². The van der Waals surface area contributed by atoms with Crippen LogP contribution < -0.4 is 14.2 Å². The molecule has 2 aromatic carbocycles. The summed E-state index contributed by atoms with van der Waals surface area (Å²) in [6.07, 6.45) is 1.28. The van der Waals surface area contributed by atoms with Gasteiger partial charge in [0, 0.05) is 32.7 Å². The Kier molecular flexibility index (Phi) is 7.63. The molecular formula is C23H30N2O6S. The number of carbonyl (C=O) groups excluding carboxylic acids is 1. The van der Waals surface area contributed by atoms with Gasteiger partial charge in [-0.25, -0.2) is 8.42 Å². The fraction of sp³-hybridized carbons (Fsp3) is 0.435. The summed E-state index contributed by atoms with van der Waals surface area (Å²) in [5.74, 6) is 1.11. The van der Waals surface area contributed by atoms with E-state index in [1.807, 2.05) is 24.3 Å². The second-order valence-electron chi connectivity index (χ2n) is 7.76. The van der Waals surface area contributed by atoms with Gasteiger partial charge in [-0.15, -0.1) is 0 Å². The van der Waals surface area contributed by atoms with Gasteiger partial charge in [0.1, 0.15) is 5.75 Å². The molecule has 174 valence electrons. The van der Waals surface area contributed by atoms with Crippen molar-refractivity contribution in [2.75, 3.05) is 41.5 Å². The Labute approximate surface area is 189 Å². The Morgan fingerprint density at radius 1 is 1.03 bits per heavy atom. The van der Waals surface area contributed by atoms with E-state index in [0.29, 0.717) is 37.4 Å². The number of carbonyl (C=O) groups is 1. The van der Waals surface area contributed by atoms with Gasteiger partial charge in [0.25, 0.3) is 0 Å². The minimum atomic E-state index is -3.77. The highest BCUT2D eigenvalue weighted by atomic mass is 32.2. The van der Waals surface area contributed by atoms with Crippen LogP contribution in [-0.4, -0.2) is 65.0 Å². The van der Waals surface area contributed by atoms with Crippen LogP contribution in [0, 0.1) is 5.92 Å². The number of hydrogen-bond acceptors (Lipinski definition) is 6. The normalized spacial score (nSPS) is 16.9. The molecule has 1 unspecified atom stereocenters. The van der Waals surface area contributed by atoms with Crippen molar-refractivity contribution in [3.05, 3.63) is 48.0 Å². The minimum absolute atomic E-state index is 0.0620. The number of nitrogens with zero attached hydrogens (tertiary/aromatic N) is 2. The SMILES string of the molecule is COc1ccc(CN(C)C(=O)C2CCCN(S(=O)(=O)c3ccc(OC)c(OC)c3)C2)cc1. The standard InChI is InChI=1S/C23H30N2O6S/c1-24(15-17-7-9-19(29-2)10-8-17)23(26)18-6-5-13-25(16-18)32(27,28)20-11-12-21(30-3)22(14-20)31-4/h7-12,14,18H,5-6,13,15-16H2,1-4H3. The van der Waals surface area contributed by atoms with Crippen LogP contribution in [0.15, 0.2) is 47.4 Å². The highest BCUT2D eigenvalue weighted by Crippen LogP contribution is 2.32. The van der Waals surface area contributed by atoms with E-state index in [1.54, 1.807) is 25.1 Å².